The first-order valence-electron chi connectivity index (χ1n) is 13.0. The number of aryl methyl sites for hydroxylation is 1. The molecule has 1 aliphatic rings. The Morgan fingerprint density at radius 2 is 1.26 bits per heavy atom. The molecular weight excluding hydrogens is 426 g/mol. The Labute approximate surface area is 210 Å². The Bertz CT molecular complexity index is 1230. The second-order valence-electron chi connectivity index (χ2n) is 10.5. The van der Waals surface area contributed by atoms with Gasteiger partial charge in [-0.25, -0.2) is 0 Å². The van der Waals surface area contributed by atoms with Crippen molar-refractivity contribution < 1.29 is 4.42 Å². The van der Waals surface area contributed by atoms with Gasteiger partial charge < -0.3 is 4.42 Å². The van der Waals surface area contributed by atoms with Gasteiger partial charge in [0.1, 0.15) is 11.5 Å². The highest BCUT2D eigenvalue weighted by Crippen LogP contribution is 2.58. The van der Waals surface area contributed by atoms with E-state index in [1.54, 1.807) is 0 Å². The zero-order chi connectivity index (χ0) is 24.5. The van der Waals surface area contributed by atoms with Crippen LogP contribution in [0.15, 0.2) is 95.4 Å². The first-order chi connectivity index (χ1) is 17.0. The van der Waals surface area contributed by atoms with Gasteiger partial charge in [0, 0.05) is 40.7 Å². The summed E-state index contributed by atoms with van der Waals surface area (Å²) in [5, 5.41) is 0. The van der Waals surface area contributed by atoms with Crippen molar-refractivity contribution in [3.63, 3.8) is 0 Å². The first-order valence-corrected chi connectivity index (χ1v) is 13.0. The molecule has 0 fully saturated rings. The van der Waals surface area contributed by atoms with E-state index in [2.05, 4.69) is 131 Å². The molecular formula is C33H37NO. The van der Waals surface area contributed by atoms with E-state index in [9.17, 15) is 0 Å². The maximum atomic E-state index is 6.64. The Hall–Kier alpha value is -3.10. The molecule has 0 saturated heterocycles. The van der Waals surface area contributed by atoms with E-state index in [4.69, 9.17) is 4.42 Å². The van der Waals surface area contributed by atoms with Crippen molar-refractivity contribution in [2.24, 2.45) is 5.92 Å². The average molecular weight is 464 g/mol. The van der Waals surface area contributed by atoms with Crippen LogP contribution in [-0.4, -0.2) is 17.0 Å². The van der Waals surface area contributed by atoms with Gasteiger partial charge >= 0.3 is 0 Å². The second-order valence-corrected chi connectivity index (χ2v) is 10.5. The molecule has 0 spiro atoms. The first kappa shape index (κ1) is 23.6. The quantitative estimate of drug-likeness (QED) is 0.273. The largest absolute Gasteiger partial charge is 0.461 e. The molecule has 3 atom stereocenters. The van der Waals surface area contributed by atoms with Crippen molar-refractivity contribution in [2.45, 2.75) is 65.1 Å². The van der Waals surface area contributed by atoms with Crippen LogP contribution in [0.3, 0.4) is 0 Å². The molecule has 0 N–H and O–H groups in total. The fourth-order valence-electron chi connectivity index (χ4n) is 6.47. The number of rotatable bonds is 7. The second kappa shape index (κ2) is 9.87. The van der Waals surface area contributed by atoms with Gasteiger partial charge in [0.05, 0.1) is 0 Å². The summed E-state index contributed by atoms with van der Waals surface area (Å²) >= 11 is 0. The lowest BCUT2D eigenvalue weighted by Crippen LogP contribution is -2.43. The van der Waals surface area contributed by atoms with Crippen molar-refractivity contribution in [1.29, 1.82) is 0 Å². The molecule has 2 nitrogen and oxygen atoms in total. The summed E-state index contributed by atoms with van der Waals surface area (Å²) in [5.74, 6) is 2.80. The molecule has 5 rings (SSSR count). The molecule has 180 valence electrons. The third-order valence-corrected chi connectivity index (χ3v) is 7.63. The fraction of sp³-hybridized carbons (Fsp3) is 0.333. The van der Waals surface area contributed by atoms with Crippen LogP contribution in [-0.2, 0) is 6.42 Å². The number of fused-ring (bicyclic) bond motifs is 1. The van der Waals surface area contributed by atoms with Gasteiger partial charge in [-0.15, -0.1) is 0 Å². The summed E-state index contributed by atoms with van der Waals surface area (Å²) in [6, 6.07) is 33.9. The number of hydrogen-bond acceptors (Lipinski definition) is 2. The highest BCUT2D eigenvalue weighted by Gasteiger charge is 2.49. The minimum atomic E-state index is 0.267. The molecule has 0 radical (unpaired) electrons. The molecule has 1 heterocycles. The zero-order valence-electron chi connectivity index (χ0n) is 21.6. The summed E-state index contributed by atoms with van der Waals surface area (Å²) in [6.45, 7) is 11.5. The summed E-state index contributed by atoms with van der Waals surface area (Å²) < 4.78 is 6.64. The van der Waals surface area contributed by atoms with Gasteiger partial charge in [-0.1, -0.05) is 91.0 Å². The van der Waals surface area contributed by atoms with Crippen LogP contribution < -0.4 is 0 Å². The molecule has 1 aliphatic carbocycles. The van der Waals surface area contributed by atoms with E-state index in [1.807, 2.05) is 0 Å². The molecule has 0 aliphatic heterocycles. The van der Waals surface area contributed by atoms with E-state index in [-0.39, 0.29) is 12.0 Å². The summed E-state index contributed by atoms with van der Waals surface area (Å²) in [6.07, 6.45) is 1.03. The number of nitrogens with zero attached hydrogens (tertiary/aromatic N) is 1. The van der Waals surface area contributed by atoms with Gasteiger partial charge in [0.2, 0.25) is 0 Å². The Morgan fingerprint density at radius 3 is 1.83 bits per heavy atom. The van der Waals surface area contributed by atoms with E-state index in [0.29, 0.717) is 18.0 Å². The van der Waals surface area contributed by atoms with Crippen LogP contribution in [0.25, 0.3) is 11.3 Å². The third kappa shape index (κ3) is 4.36. The highest BCUT2D eigenvalue weighted by molar-refractivity contribution is 5.68. The summed E-state index contributed by atoms with van der Waals surface area (Å²) in [7, 11) is 0. The van der Waals surface area contributed by atoms with Crippen molar-refractivity contribution in [3.8, 4) is 11.3 Å². The van der Waals surface area contributed by atoms with Gasteiger partial charge in [-0.3, -0.25) is 4.90 Å². The van der Waals surface area contributed by atoms with Crippen molar-refractivity contribution in [3.05, 3.63) is 119 Å². The molecule has 0 bridgehead atoms. The highest BCUT2D eigenvalue weighted by atomic mass is 16.3. The molecule has 0 amide bonds. The van der Waals surface area contributed by atoms with Crippen LogP contribution >= 0.6 is 0 Å². The van der Waals surface area contributed by atoms with Crippen molar-refractivity contribution >= 4 is 0 Å². The smallest absolute Gasteiger partial charge is 0.139 e. The molecule has 3 aromatic carbocycles. The third-order valence-electron chi connectivity index (χ3n) is 7.63. The van der Waals surface area contributed by atoms with Gasteiger partial charge in [-0.05, 0) is 58.1 Å². The molecule has 0 saturated carbocycles. The molecule has 0 unspecified atom stereocenters. The average Bonchev–Trinajstić information content (AvgIpc) is 3.36. The van der Waals surface area contributed by atoms with E-state index in [0.717, 1.165) is 17.9 Å². The van der Waals surface area contributed by atoms with Crippen LogP contribution in [0.5, 0.6) is 0 Å². The normalized spacial score (nSPS) is 19.6. The van der Waals surface area contributed by atoms with Gasteiger partial charge in [0.25, 0.3) is 0 Å². The Morgan fingerprint density at radius 1 is 0.714 bits per heavy atom. The zero-order valence-corrected chi connectivity index (χ0v) is 21.6. The Balaban J connectivity index is 1.77. The van der Waals surface area contributed by atoms with Crippen LogP contribution in [0.1, 0.15) is 67.7 Å². The van der Waals surface area contributed by atoms with Crippen molar-refractivity contribution in [1.82, 2.24) is 4.90 Å². The fourth-order valence-corrected chi connectivity index (χ4v) is 6.47. The Kier molecular flexibility index (Phi) is 6.67. The number of benzene rings is 3. The molecule has 2 heteroatoms. The van der Waals surface area contributed by atoms with E-state index >= 15 is 0 Å². The van der Waals surface area contributed by atoms with E-state index in [1.165, 1.54) is 27.8 Å². The predicted molar refractivity (Wildman–Crippen MR) is 146 cm³/mol. The SMILES string of the molecule is Cc1oc(-c2ccccc2)c2c1[C@@H](c1ccccc1)[C@H](Cc1ccccc1)[C@H]2N(C(C)C)C(C)C. The van der Waals surface area contributed by atoms with Crippen LogP contribution in [0.2, 0.25) is 0 Å². The van der Waals surface area contributed by atoms with Crippen LogP contribution in [0.4, 0.5) is 0 Å². The van der Waals surface area contributed by atoms with E-state index < -0.39 is 0 Å². The monoisotopic (exact) mass is 463 g/mol. The lowest BCUT2D eigenvalue weighted by atomic mass is 9.80. The molecule has 4 aromatic rings. The maximum absolute atomic E-state index is 6.64. The van der Waals surface area contributed by atoms with Crippen molar-refractivity contribution in [2.75, 3.05) is 0 Å². The van der Waals surface area contributed by atoms with Crippen LogP contribution in [0, 0.1) is 12.8 Å². The lowest BCUT2D eigenvalue weighted by molar-refractivity contribution is 0.0758. The number of furan rings is 1. The van der Waals surface area contributed by atoms with Gasteiger partial charge in [0.15, 0.2) is 0 Å². The van der Waals surface area contributed by atoms with Gasteiger partial charge in [-0.2, -0.15) is 0 Å². The molecule has 1 aromatic heterocycles. The topological polar surface area (TPSA) is 16.4 Å². The number of hydrogen-bond donors (Lipinski definition) is 0. The summed E-state index contributed by atoms with van der Waals surface area (Å²) in [4.78, 5) is 2.72. The summed E-state index contributed by atoms with van der Waals surface area (Å²) in [5.41, 5.74) is 6.74. The minimum Gasteiger partial charge on any atom is -0.461 e. The lowest BCUT2D eigenvalue weighted by Gasteiger charge is -2.41. The minimum absolute atomic E-state index is 0.267. The maximum Gasteiger partial charge on any atom is 0.139 e. The standard InChI is InChI=1S/C33H37NO/c1-22(2)34(23(3)4)32-28(21-25-15-9-6-10-16-25)30(26-17-11-7-12-18-26)29-24(5)35-33(31(29)32)27-19-13-8-14-20-27/h6-20,22-23,28,30,32H,21H2,1-5H3/t28-,30-,32+/m0/s1. The molecule has 35 heavy (non-hydrogen) atoms. The predicted octanol–water partition coefficient (Wildman–Crippen LogP) is 8.42.